The first-order chi connectivity index (χ1) is 29.2. The van der Waals surface area contributed by atoms with Crippen LogP contribution in [0, 0.1) is 35.0 Å². The maximum Gasteiger partial charge on any atom is 0.325 e. The number of likely N-dealkylation sites (N-methyl/N-ethyl adjacent to an activating group) is 1. The van der Waals surface area contributed by atoms with E-state index in [1.807, 2.05) is 6.20 Å². The number of thiazole rings is 1. The maximum absolute atomic E-state index is 14.5. The van der Waals surface area contributed by atoms with Gasteiger partial charge in [-0.25, -0.2) is 10.4 Å². The van der Waals surface area contributed by atoms with Crippen molar-refractivity contribution in [3.05, 3.63) is 52.1 Å². The van der Waals surface area contributed by atoms with Crippen LogP contribution < -0.4 is 15.6 Å². The minimum absolute atomic E-state index is 0.0850. The van der Waals surface area contributed by atoms with Crippen LogP contribution in [0.25, 0.3) is 33.4 Å². The van der Waals surface area contributed by atoms with Gasteiger partial charge < -0.3 is 29.2 Å². The topological polar surface area (TPSA) is 134 Å². The van der Waals surface area contributed by atoms with Crippen LogP contribution >= 0.6 is 11.3 Å². The second-order valence-electron chi connectivity index (χ2n) is 19.2. The van der Waals surface area contributed by atoms with Crippen LogP contribution in [0.4, 0.5) is 5.69 Å². The highest BCUT2D eigenvalue weighted by atomic mass is 32.1. The molecule has 13 nitrogen and oxygen atoms in total. The highest BCUT2D eigenvalue weighted by Gasteiger charge is 2.51. The number of hydrogen-bond acceptors (Lipinski definition) is 11. The van der Waals surface area contributed by atoms with Crippen molar-refractivity contribution in [1.82, 2.24) is 35.2 Å². The maximum atomic E-state index is 14.5. The SMILES string of the molecule is CCn1c(-c2cc(N3CCN(C)CC3)cnc2C(C)OC)c2c3cc(ccc31)-c1csc(n1)CC(NC(=O)C1C(C)C1C)C(=O)N1CC3CCC3C(N1)C(=O)OCC(C)(C)C2. The monoisotopic (exact) mass is 850 g/mol. The third-order valence-electron chi connectivity index (χ3n) is 14.6. The number of nitrogens with zero attached hydrogens (tertiary/aromatic N) is 6. The number of hydrogen-bond donors (Lipinski definition) is 2. The molecule has 14 heteroatoms. The molecule has 2 aliphatic carbocycles. The third kappa shape index (κ3) is 7.87. The number of aromatic nitrogens is 3. The molecule has 2 saturated carbocycles. The zero-order chi connectivity index (χ0) is 42.9. The molecular formula is C47H62N8O5S. The summed E-state index contributed by atoms with van der Waals surface area (Å²) in [4.78, 5) is 57.3. The number of benzene rings is 1. The summed E-state index contributed by atoms with van der Waals surface area (Å²) in [5.41, 5.74) is 11.0. The Kier molecular flexibility index (Phi) is 11.3. The number of fused-ring (bicyclic) bond motifs is 8. The van der Waals surface area contributed by atoms with E-state index in [1.54, 1.807) is 12.1 Å². The average molecular weight is 851 g/mol. The van der Waals surface area contributed by atoms with Gasteiger partial charge in [-0.1, -0.05) is 33.8 Å². The lowest BCUT2D eigenvalue weighted by molar-refractivity contribution is -0.165. The first kappa shape index (κ1) is 42.0. The molecule has 9 rings (SSSR count). The summed E-state index contributed by atoms with van der Waals surface area (Å²) in [6.45, 7) is 18.0. The highest BCUT2D eigenvalue weighted by molar-refractivity contribution is 7.10. The fraction of sp³-hybridized carbons (Fsp3) is 0.596. The van der Waals surface area contributed by atoms with Crippen molar-refractivity contribution >= 4 is 45.7 Å². The zero-order valence-corrected chi connectivity index (χ0v) is 37.8. The number of carbonyl (C=O) groups is 3. The van der Waals surface area contributed by atoms with Crippen molar-refractivity contribution in [3.63, 3.8) is 0 Å². The first-order valence-corrected chi connectivity index (χ1v) is 23.2. The van der Waals surface area contributed by atoms with Crippen molar-refractivity contribution < 1.29 is 23.9 Å². The van der Waals surface area contributed by atoms with Crippen LogP contribution in [0.1, 0.15) is 76.8 Å². The molecular weight excluding hydrogens is 789 g/mol. The van der Waals surface area contributed by atoms with Crippen LogP contribution in [-0.2, 0) is 43.2 Å². The van der Waals surface area contributed by atoms with Gasteiger partial charge in [0.2, 0.25) is 5.91 Å². The second-order valence-corrected chi connectivity index (χ2v) is 20.2. The number of anilines is 1. The van der Waals surface area contributed by atoms with E-state index in [4.69, 9.17) is 19.4 Å². The standard InChI is InChI=1S/C47H62N8O5S/c1-9-54-38-13-11-29-18-33(38)35(43(54)34-19-31(22-48-41(34)28(4)59-8)53-16-14-52(7)15-17-53)21-47(5,6)25-60-46(58)42-32-12-10-30(32)23-55(51-42)45(57)36(20-39-49-37(29)24-61-39)50-44(56)40-26(2)27(40)3/h11,13,18-19,22,24,26-28,30,32,36,40,42,51H,9-10,12,14-17,20-21,23,25H2,1-8H3,(H,50,56). The molecule has 7 atom stereocenters. The van der Waals surface area contributed by atoms with Gasteiger partial charge >= 0.3 is 5.97 Å². The van der Waals surface area contributed by atoms with Crippen molar-refractivity contribution in [2.24, 2.45) is 35.0 Å². The number of piperazine rings is 1. The first-order valence-electron chi connectivity index (χ1n) is 22.4. The number of amides is 2. The van der Waals surface area contributed by atoms with Crippen LogP contribution in [0.5, 0.6) is 0 Å². The number of rotatable bonds is 7. The summed E-state index contributed by atoms with van der Waals surface area (Å²) in [5, 5.41) is 8.65. The molecule has 4 fully saturated rings. The fourth-order valence-electron chi connectivity index (χ4n) is 10.3. The fourth-order valence-corrected chi connectivity index (χ4v) is 11.2. The predicted octanol–water partition coefficient (Wildman–Crippen LogP) is 6.10. The van der Waals surface area contributed by atoms with Gasteiger partial charge in [-0.15, -0.1) is 11.3 Å². The second kappa shape index (κ2) is 16.4. The van der Waals surface area contributed by atoms with E-state index in [0.717, 1.165) is 101 Å². The van der Waals surface area contributed by atoms with Crippen molar-refractivity contribution in [1.29, 1.82) is 0 Å². The van der Waals surface area contributed by atoms with Gasteiger partial charge in [0.25, 0.3) is 5.91 Å². The normalized spacial score (nSPS) is 28.4. The number of cyclic esters (lactones) is 1. The molecule has 3 aliphatic heterocycles. The van der Waals surface area contributed by atoms with Gasteiger partial charge in [0.15, 0.2) is 0 Å². The molecule has 3 aromatic heterocycles. The molecule has 2 amide bonds. The summed E-state index contributed by atoms with van der Waals surface area (Å²) in [6, 6.07) is 7.40. The lowest BCUT2D eigenvalue weighted by atomic mass is 9.68. The van der Waals surface area contributed by atoms with E-state index < -0.39 is 17.5 Å². The summed E-state index contributed by atoms with van der Waals surface area (Å²) in [5.74, 6) is -0.0108. The third-order valence-corrected chi connectivity index (χ3v) is 15.5. The van der Waals surface area contributed by atoms with E-state index in [2.05, 4.69) is 103 Å². The van der Waals surface area contributed by atoms with Gasteiger partial charge in [-0.05, 0) is 87.6 Å². The summed E-state index contributed by atoms with van der Waals surface area (Å²) >= 11 is 1.51. The minimum Gasteiger partial charge on any atom is -0.464 e. The Morgan fingerprint density at radius 2 is 1.89 bits per heavy atom. The minimum atomic E-state index is -0.834. The summed E-state index contributed by atoms with van der Waals surface area (Å²) in [6.07, 6.45) is 4.46. The van der Waals surface area contributed by atoms with Crippen LogP contribution in [-0.4, -0.2) is 108 Å². The van der Waals surface area contributed by atoms with Crippen LogP contribution in [0.3, 0.4) is 0 Å². The molecule has 2 saturated heterocycles. The van der Waals surface area contributed by atoms with Gasteiger partial charge in [-0.2, -0.15) is 0 Å². The van der Waals surface area contributed by atoms with Gasteiger partial charge in [0, 0.05) is 91.5 Å². The summed E-state index contributed by atoms with van der Waals surface area (Å²) < 4.78 is 14.7. The van der Waals surface area contributed by atoms with E-state index in [-0.39, 0.29) is 66.5 Å². The van der Waals surface area contributed by atoms with E-state index in [1.165, 1.54) is 11.3 Å². The summed E-state index contributed by atoms with van der Waals surface area (Å²) in [7, 11) is 3.90. The van der Waals surface area contributed by atoms with Gasteiger partial charge in [0.05, 0.1) is 46.7 Å². The smallest absolute Gasteiger partial charge is 0.325 e. The number of hydrazine groups is 1. The number of pyridine rings is 1. The van der Waals surface area contributed by atoms with Gasteiger partial charge in [-0.3, -0.25) is 24.4 Å². The number of nitrogens with one attached hydrogen (secondary N) is 2. The molecule has 61 heavy (non-hydrogen) atoms. The van der Waals surface area contributed by atoms with Crippen molar-refractivity contribution in [2.45, 2.75) is 92.0 Å². The zero-order valence-electron chi connectivity index (χ0n) is 37.0. The van der Waals surface area contributed by atoms with E-state index in [9.17, 15) is 14.4 Å². The number of methoxy groups -OCH3 is 1. The van der Waals surface area contributed by atoms with E-state index >= 15 is 0 Å². The Morgan fingerprint density at radius 3 is 2.57 bits per heavy atom. The molecule has 7 unspecified atom stereocenters. The molecule has 6 heterocycles. The number of esters is 1. The van der Waals surface area contributed by atoms with Crippen LogP contribution in [0.15, 0.2) is 35.8 Å². The lowest BCUT2D eigenvalue weighted by Crippen LogP contribution is -2.67. The largest absolute Gasteiger partial charge is 0.464 e. The quantitative estimate of drug-likeness (QED) is 0.210. The molecule has 1 aromatic carbocycles. The highest BCUT2D eigenvalue weighted by Crippen LogP contribution is 2.46. The van der Waals surface area contributed by atoms with Crippen molar-refractivity contribution in [2.75, 3.05) is 58.4 Å². The average Bonchev–Trinajstić information content (AvgIpc) is 3.50. The lowest BCUT2D eigenvalue weighted by Gasteiger charge is -2.49. The number of aryl methyl sites for hydroxylation is 1. The Balaban J connectivity index is 1.17. The van der Waals surface area contributed by atoms with Crippen molar-refractivity contribution in [3.8, 4) is 22.5 Å². The molecule has 5 aliphatic rings. The Bertz CT molecular complexity index is 2320. The molecule has 2 N–H and O–H groups in total. The molecule has 4 aromatic rings. The molecule has 6 bridgehead atoms. The number of ether oxygens (including phenoxy) is 2. The Morgan fingerprint density at radius 1 is 1.11 bits per heavy atom. The van der Waals surface area contributed by atoms with E-state index in [0.29, 0.717) is 13.0 Å². The molecule has 326 valence electrons. The number of carbonyl (C=O) groups excluding carboxylic acids is 3. The Labute approximate surface area is 363 Å². The molecule has 0 radical (unpaired) electrons. The van der Waals surface area contributed by atoms with Crippen LogP contribution in [0.2, 0.25) is 0 Å². The Hall–Kier alpha value is -4.37. The molecule has 0 spiro atoms. The predicted molar refractivity (Wildman–Crippen MR) is 238 cm³/mol. The van der Waals surface area contributed by atoms with Gasteiger partial charge in [0.1, 0.15) is 12.1 Å².